The number of nitrogen functional groups attached to an aromatic ring is 1. The number of nitrogens with zero attached hydrogens (tertiary/aromatic N) is 2. The lowest BCUT2D eigenvalue weighted by Gasteiger charge is -2.06. The van der Waals surface area contributed by atoms with E-state index in [9.17, 15) is 0 Å². The van der Waals surface area contributed by atoms with Crippen LogP contribution in [-0.2, 0) is 0 Å². The fraction of sp³-hybridized carbons (Fsp3) is 0. The van der Waals surface area contributed by atoms with Crippen LogP contribution in [0.25, 0.3) is 34.3 Å². The van der Waals surface area contributed by atoms with E-state index >= 15 is 0 Å². The number of aromatic nitrogens is 3. The number of hydrogen-bond acceptors (Lipinski definition) is 3. The van der Waals surface area contributed by atoms with Crippen LogP contribution in [-0.4, -0.2) is 15.2 Å². The fourth-order valence-electron chi connectivity index (χ4n) is 2.76. The number of aromatic amines is 1. The number of nitrogens with one attached hydrogen (secondary N) is 1. The van der Waals surface area contributed by atoms with Crippen LogP contribution in [0.2, 0.25) is 10.0 Å². The van der Waals surface area contributed by atoms with Crippen LogP contribution in [0.5, 0.6) is 0 Å². The normalized spacial score (nSPS) is 11.5. The molecule has 4 rings (SSSR count). The van der Waals surface area contributed by atoms with Crippen LogP contribution in [0.3, 0.4) is 0 Å². The number of fused-ring (bicyclic) bond motifs is 1. The Bertz CT molecular complexity index is 1100. The van der Waals surface area contributed by atoms with E-state index in [4.69, 9.17) is 28.9 Å². The lowest BCUT2D eigenvalue weighted by Crippen LogP contribution is -1.90. The van der Waals surface area contributed by atoms with Crippen molar-refractivity contribution in [2.24, 2.45) is 0 Å². The molecule has 6 heteroatoms. The monoisotopic (exact) mass is 380 g/mol. The van der Waals surface area contributed by atoms with Gasteiger partial charge in [0.05, 0.1) is 11.1 Å². The van der Waals surface area contributed by atoms with E-state index in [0.29, 0.717) is 21.5 Å². The molecule has 0 saturated carbocycles. The minimum Gasteiger partial charge on any atom is -0.383 e. The van der Waals surface area contributed by atoms with Crippen LogP contribution in [0.15, 0.2) is 54.6 Å². The minimum absolute atomic E-state index is 0.491. The van der Waals surface area contributed by atoms with Gasteiger partial charge < -0.3 is 5.73 Å². The number of halogens is 2. The first-order valence-electron chi connectivity index (χ1n) is 7.94. The summed E-state index contributed by atoms with van der Waals surface area (Å²) in [6.45, 7) is 0. The summed E-state index contributed by atoms with van der Waals surface area (Å²) in [6.07, 6.45) is 3.92. The Morgan fingerprint density at radius 3 is 2.23 bits per heavy atom. The summed E-state index contributed by atoms with van der Waals surface area (Å²) in [5.74, 6) is 0.491. The van der Waals surface area contributed by atoms with E-state index in [1.807, 2.05) is 66.7 Å². The van der Waals surface area contributed by atoms with Gasteiger partial charge in [-0.1, -0.05) is 53.5 Å². The number of rotatable bonds is 3. The van der Waals surface area contributed by atoms with Gasteiger partial charge in [-0.2, -0.15) is 5.10 Å². The molecule has 4 nitrogen and oxygen atoms in total. The van der Waals surface area contributed by atoms with Gasteiger partial charge in [0, 0.05) is 10.0 Å². The molecule has 0 amide bonds. The molecule has 0 atom stereocenters. The molecule has 0 spiro atoms. The Hall–Kier alpha value is -2.82. The second-order valence-corrected chi connectivity index (χ2v) is 6.70. The van der Waals surface area contributed by atoms with Gasteiger partial charge in [-0.25, -0.2) is 4.98 Å². The van der Waals surface area contributed by atoms with Crippen molar-refractivity contribution < 1.29 is 0 Å². The molecule has 0 fully saturated rings. The molecule has 2 aromatic carbocycles. The second kappa shape index (κ2) is 6.83. The molecule has 2 aromatic heterocycles. The number of H-pyrrole nitrogens is 1. The first kappa shape index (κ1) is 16.6. The van der Waals surface area contributed by atoms with Gasteiger partial charge in [-0.3, -0.25) is 5.10 Å². The van der Waals surface area contributed by atoms with Gasteiger partial charge >= 0.3 is 0 Å². The van der Waals surface area contributed by atoms with Crippen LogP contribution in [0.1, 0.15) is 11.3 Å². The number of nitrogens with two attached hydrogens (primary N) is 1. The molecular formula is C20H14Cl2N4. The maximum atomic E-state index is 6.06. The van der Waals surface area contributed by atoms with Crippen LogP contribution in [0.4, 0.5) is 5.82 Å². The summed E-state index contributed by atoms with van der Waals surface area (Å²) in [4.78, 5) is 4.57. The summed E-state index contributed by atoms with van der Waals surface area (Å²) in [5, 5.41) is 9.21. The Kier molecular flexibility index (Phi) is 4.37. The zero-order valence-electron chi connectivity index (χ0n) is 13.6. The van der Waals surface area contributed by atoms with E-state index in [-0.39, 0.29) is 0 Å². The van der Waals surface area contributed by atoms with Crippen molar-refractivity contribution in [2.45, 2.75) is 0 Å². The molecule has 2 heterocycles. The fourth-order valence-corrected chi connectivity index (χ4v) is 3.02. The molecule has 0 aliphatic heterocycles. The van der Waals surface area contributed by atoms with E-state index in [1.165, 1.54) is 0 Å². The van der Waals surface area contributed by atoms with Crippen molar-refractivity contribution in [3.63, 3.8) is 0 Å². The van der Waals surface area contributed by atoms with Crippen molar-refractivity contribution in [3.05, 3.63) is 75.9 Å². The van der Waals surface area contributed by atoms with Crippen molar-refractivity contribution in [1.29, 1.82) is 0 Å². The summed E-state index contributed by atoms with van der Waals surface area (Å²) >= 11 is 11.9. The van der Waals surface area contributed by atoms with Gasteiger partial charge in [0.1, 0.15) is 5.82 Å². The van der Waals surface area contributed by atoms with Crippen LogP contribution >= 0.6 is 23.2 Å². The summed E-state index contributed by atoms with van der Waals surface area (Å²) < 4.78 is 0. The summed E-state index contributed by atoms with van der Waals surface area (Å²) in [7, 11) is 0. The first-order valence-corrected chi connectivity index (χ1v) is 8.70. The Labute approximate surface area is 160 Å². The lowest BCUT2D eigenvalue weighted by molar-refractivity contribution is 1.10. The Balaban J connectivity index is 1.81. The molecule has 0 saturated heterocycles. The average molecular weight is 381 g/mol. The predicted molar refractivity (Wildman–Crippen MR) is 109 cm³/mol. The van der Waals surface area contributed by atoms with E-state index in [2.05, 4.69) is 15.2 Å². The highest BCUT2D eigenvalue weighted by Gasteiger charge is 2.12. The topological polar surface area (TPSA) is 67.6 Å². The summed E-state index contributed by atoms with van der Waals surface area (Å²) in [6, 6.07) is 17.2. The van der Waals surface area contributed by atoms with Crippen molar-refractivity contribution in [1.82, 2.24) is 15.2 Å². The van der Waals surface area contributed by atoms with Crippen molar-refractivity contribution >= 4 is 52.2 Å². The Morgan fingerprint density at radius 1 is 0.885 bits per heavy atom. The quantitative estimate of drug-likeness (QED) is 0.479. The molecular weight excluding hydrogens is 367 g/mol. The lowest BCUT2D eigenvalue weighted by atomic mass is 10.0. The van der Waals surface area contributed by atoms with Gasteiger partial charge in [0.2, 0.25) is 0 Å². The molecule has 4 aromatic rings. The molecule has 0 unspecified atom stereocenters. The summed E-state index contributed by atoms with van der Waals surface area (Å²) in [5.41, 5.74) is 10.4. The second-order valence-electron chi connectivity index (χ2n) is 5.82. The van der Waals surface area contributed by atoms with Gasteiger partial charge in [0.15, 0.2) is 5.65 Å². The molecule has 128 valence electrons. The van der Waals surface area contributed by atoms with Crippen LogP contribution in [0, 0.1) is 0 Å². The van der Waals surface area contributed by atoms with Gasteiger partial charge in [0.25, 0.3) is 0 Å². The third-order valence-corrected chi connectivity index (χ3v) is 4.55. The third-order valence-electron chi connectivity index (χ3n) is 4.04. The molecule has 0 aliphatic carbocycles. The maximum absolute atomic E-state index is 6.06. The van der Waals surface area contributed by atoms with Crippen LogP contribution < -0.4 is 5.73 Å². The van der Waals surface area contributed by atoms with E-state index in [0.717, 1.165) is 27.8 Å². The Morgan fingerprint density at radius 2 is 1.54 bits per heavy atom. The molecule has 0 bridgehead atoms. The zero-order valence-corrected chi connectivity index (χ0v) is 15.1. The molecule has 26 heavy (non-hydrogen) atoms. The van der Waals surface area contributed by atoms with Gasteiger partial charge in [-0.05, 0) is 53.1 Å². The van der Waals surface area contributed by atoms with Gasteiger partial charge in [-0.15, -0.1) is 0 Å². The standard InChI is InChI=1S/C20H14Cl2N4/c21-14-6-1-12(2-7-14)3-10-16-11-17(13-4-8-15(22)9-5-13)18-19(23)25-26-20(18)24-16/h1-11H,(H3,23,24,25,26)/b10-3+. The molecule has 3 N–H and O–H groups in total. The number of benzene rings is 2. The highest BCUT2D eigenvalue weighted by Crippen LogP contribution is 2.32. The minimum atomic E-state index is 0.491. The number of anilines is 1. The zero-order chi connectivity index (χ0) is 18.1. The highest BCUT2D eigenvalue weighted by molar-refractivity contribution is 6.30. The largest absolute Gasteiger partial charge is 0.383 e. The average Bonchev–Trinajstić information content (AvgIpc) is 3.02. The predicted octanol–water partition coefficient (Wildman–Crippen LogP) is 5.68. The van der Waals surface area contributed by atoms with Crippen molar-refractivity contribution in [2.75, 3.05) is 5.73 Å². The molecule has 0 aliphatic rings. The highest BCUT2D eigenvalue weighted by atomic mass is 35.5. The molecule has 0 radical (unpaired) electrons. The van der Waals surface area contributed by atoms with Crippen molar-refractivity contribution in [3.8, 4) is 11.1 Å². The third kappa shape index (κ3) is 3.29. The number of hydrogen-bond donors (Lipinski definition) is 2. The van der Waals surface area contributed by atoms with E-state index in [1.54, 1.807) is 0 Å². The smallest absolute Gasteiger partial charge is 0.184 e. The SMILES string of the molecule is Nc1[nH]nc2nc(/C=C/c3ccc(Cl)cc3)cc(-c3ccc(Cl)cc3)c12. The van der Waals surface area contributed by atoms with E-state index < -0.39 is 0 Å². The maximum Gasteiger partial charge on any atom is 0.184 e. The number of pyridine rings is 1. The first-order chi connectivity index (χ1) is 12.6.